The molecule has 0 N–H and O–H groups in total. The Labute approximate surface area is 139 Å². The molecular weight excluding hydrogens is 306 g/mol. The van der Waals surface area contributed by atoms with Crippen molar-refractivity contribution in [1.29, 1.82) is 0 Å². The topological polar surface area (TPSA) is 30.7 Å². The summed E-state index contributed by atoms with van der Waals surface area (Å²) in [6.07, 6.45) is 1.79. The van der Waals surface area contributed by atoms with Gasteiger partial charge in [0.15, 0.2) is 5.82 Å². The SMILES string of the molecule is Clc1ccccc1Cn1c(-c2ccccn2)nc2ccccc21. The second kappa shape index (κ2) is 5.86. The van der Waals surface area contributed by atoms with E-state index in [1.54, 1.807) is 6.20 Å². The van der Waals surface area contributed by atoms with E-state index in [4.69, 9.17) is 16.6 Å². The molecule has 0 bridgehead atoms. The van der Waals surface area contributed by atoms with Gasteiger partial charge in [0.05, 0.1) is 17.6 Å². The van der Waals surface area contributed by atoms with Gasteiger partial charge in [-0.3, -0.25) is 4.98 Å². The van der Waals surface area contributed by atoms with Crippen LogP contribution in [0.25, 0.3) is 22.6 Å². The van der Waals surface area contributed by atoms with E-state index in [1.165, 1.54) is 0 Å². The molecule has 4 heteroatoms. The van der Waals surface area contributed by atoms with Crippen LogP contribution in [0.2, 0.25) is 5.02 Å². The molecule has 2 aromatic heterocycles. The highest BCUT2D eigenvalue weighted by atomic mass is 35.5. The van der Waals surface area contributed by atoms with E-state index < -0.39 is 0 Å². The molecule has 0 radical (unpaired) electrons. The number of imidazole rings is 1. The lowest BCUT2D eigenvalue weighted by Gasteiger charge is -2.10. The molecule has 4 aromatic rings. The zero-order valence-electron chi connectivity index (χ0n) is 12.4. The number of benzene rings is 2. The highest BCUT2D eigenvalue weighted by molar-refractivity contribution is 6.31. The smallest absolute Gasteiger partial charge is 0.160 e. The van der Waals surface area contributed by atoms with Crippen LogP contribution in [0.15, 0.2) is 72.9 Å². The van der Waals surface area contributed by atoms with E-state index in [2.05, 4.69) is 15.6 Å². The second-order valence-corrected chi connectivity index (χ2v) is 5.72. The maximum Gasteiger partial charge on any atom is 0.160 e. The summed E-state index contributed by atoms with van der Waals surface area (Å²) in [6, 6.07) is 21.9. The molecule has 2 heterocycles. The van der Waals surface area contributed by atoms with Gasteiger partial charge in [0.2, 0.25) is 0 Å². The van der Waals surface area contributed by atoms with Crippen molar-refractivity contribution in [3.63, 3.8) is 0 Å². The van der Waals surface area contributed by atoms with Crippen LogP contribution >= 0.6 is 11.6 Å². The molecule has 0 saturated carbocycles. The number of nitrogens with zero attached hydrogens (tertiary/aromatic N) is 3. The van der Waals surface area contributed by atoms with Crippen LogP contribution in [-0.2, 0) is 6.54 Å². The molecule has 0 fully saturated rings. The van der Waals surface area contributed by atoms with E-state index in [-0.39, 0.29) is 0 Å². The third-order valence-corrected chi connectivity index (χ3v) is 4.20. The first-order valence-corrected chi connectivity index (χ1v) is 7.81. The highest BCUT2D eigenvalue weighted by Gasteiger charge is 2.14. The van der Waals surface area contributed by atoms with Gasteiger partial charge >= 0.3 is 0 Å². The summed E-state index contributed by atoms with van der Waals surface area (Å²) in [5.41, 5.74) is 3.96. The molecule has 0 amide bonds. The van der Waals surface area contributed by atoms with Crippen LogP contribution in [0, 0.1) is 0 Å². The third kappa shape index (κ3) is 2.60. The molecule has 0 aliphatic rings. The van der Waals surface area contributed by atoms with Crippen LogP contribution in [0.3, 0.4) is 0 Å². The van der Waals surface area contributed by atoms with E-state index in [9.17, 15) is 0 Å². The summed E-state index contributed by atoms with van der Waals surface area (Å²) in [5, 5.41) is 0.761. The molecule has 0 aliphatic carbocycles. The number of fused-ring (bicyclic) bond motifs is 1. The van der Waals surface area contributed by atoms with Gasteiger partial charge in [0, 0.05) is 11.2 Å². The first-order chi connectivity index (χ1) is 11.3. The summed E-state index contributed by atoms with van der Waals surface area (Å²) in [6.45, 7) is 0.659. The quantitative estimate of drug-likeness (QED) is 0.543. The molecular formula is C19H14ClN3. The van der Waals surface area contributed by atoms with Crippen molar-refractivity contribution in [2.45, 2.75) is 6.54 Å². The number of para-hydroxylation sites is 2. The largest absolute Gasteiger partial charge is 0.318 e. The number of rotatable bonds is 3. The molecule has 0 unspecified atom stereocenters. The van der Waals surface area contributed by atoms with Gasteiger partial charge in [-0.1, -0.05) is 48.0 Å². The van der Waals surface area contributed by atoms with E-state index >= 15 is 0 Å². The minimum absolute atomic E-state index is 0.659. The number of aromatic nitrogens is 3. The maximum atomic E-state index is 6.34. The van der Waals surface area contributed by atoms with E-state index in [1.807, 2.05) is 60.7 Å². The van der Waals surface area contributed by atoms with Crippen molar-refractivity contribution in [3.05, 3.63) is 83.5 Å². The Morgan fingerprint density at radius 1 is 0.870 bits per heavy atom. The Hall–Kier alpha value is -2.65. The van der Waals surface area contributed by atoms with Crippen molar-refractivity contribution in [2.75, 3.05) is 0 Å². The van der Waals surface area contributed by atoms with Crippen LogP contribution in [-0.4, -0.2) is 14.5 Å². The fourth-order valence-corrected chi connectivity index (χ4v) is 2.92. The molecule has 4 rings (SSSR count). The molecule has 3 nitrogen and oxygen atoms in total. The lowest BCUT2D eigenvalue weighted by atomic mass is 10.2. The minimum atomic E-state index is 0.659. The van der Waals surface area contributed by atoms with Gasteiger partial charge in [-0.2, -0.15) is 0 Å². The number of hydrogen-bond donors (Lipinski definition) is 0. The average molecular weight is 320 g/mol. The second-order valence-electron chi connectivity index (χ2n) is 5.32. The van der Waals surface area contributed by atoms with Crippen LogP contribution < -0.4 is 0 Å². The van der Waals surface area contributed by atoms with Gasteiger partial charge in [0.25, 0.3) is 0 Å². The normalized spacial score (nSPS) is 11.0. The van der Waals surface area contributed by atoms with Crippen LogP contribution in [0.5, 0.6) is 0 Å². The summed E-state index contributed by atoms with van der Waals surface area (Å²) in [5.74, 6) is 0.853. The Balaban J connectivity index is 1.92. The lowest BCUT2D eigenvalue weighted by Crippen LogP contribution is -2.03. The minimum Gasteiger partial charge on any atom is -0.318 e. The molecule has 0 spiro atoms. The summed E-state index contributed by atoms with van der Waals surface area (Å²) in [7, 11) is 0. The van der Waals surface area contributed by atoms with E-state index in [0.29, 0.717) is 6.54 Å². The highest BCUT2D eigenvalue weighted by Crippen LogP contribution is 2.26. The predicted molar refractivity (Wildman–Crippen MR) is 93.5 cm³/mol. The Bertz CT molecular complexity index is 961. The fraction of sp³-hybridized carbons (Fsp3) is 0.0526. The number of pyridine rings is 1. The third-order valence-electron chi connectivity index (χ3n) is 3.83. The zero-order chi connectivity index (χ0) is 15.6. The van der Waals surface area contributed by atoms with Gasteiger partial charge in [-0.05, 0) is 35.9 Å². The van der Waals surface area contributed by atoms with Gasteiger partial charge in [-0.25, -0.2) is 4.98 Å². The van der Waals surface area contributed by atoms with E-state index in [0.717, 1.165) is 33.1 Å². The predicted octanol–water partition coefficient (Wildman–Crippen LogP) is 4.80. The summed E-state index contributed by atoms with van der Waals surface area (Å²) in [4.78, 5) is 9.22. The molecule has 112 valence electrons. The first-order valence-electron chi connectivity index (χ1n) is 7.43. The Kier molecular flexibility index (Phi) is 3.56. The molecule has 0 aliphatic heterocycles. The first kappa shape index (κ1) is 14.0. The van der Waals surface area contributed by atoms with Gasteiger partial charge < -0.3 is 4.57 Å². The molecule has 2 aromatic carbocycles. The van der Waals surface area contributed by atoms with Gasteiger partial charge in [-0.15, -0.1) is 0 Å². The Morgan fingerprint density at radius 2 is 1.65 bits per heavy atom. The van der Waals surface area contributed by atoms with Crippen molar-refractivity contribution in [1.82, 2.24) is 14.5 Å². The maximum absolute atomic E-state index is 6.34. The fourth-order valence-electron chi connectivity index (χ4n) is 2.72. The lowest BCUT2D eigenvalue weighted by molar-refractivity contribution is 0.830. The van der Waals surface area contributed by atoms with Crippen molar-refractivity contribution < 1.29 is 0 Å². The number of hydrogen-bond acceptors (Lipinski definition) is 2. The molecule has 0 atom stereocenters. The van der Waals surface area contributed by atoms with Crippen molar-refractivity contribution in [3.8, 4) is 11.5 Å². The molecule has 23 heavy (non-hydrogen) atoms. The van der Waals surface area contributed by atoms with Crippen LogP contribution in [0.1, 0.15) is 5.56 Å². The van der Waals surface area contributed by atoms with Crippen LogP contribution in [0.4, 0.5) is 0 Å². The monoisotopic (exact) mass is 319 g/mol. The molecule has 0 saturated heterocycles. The number of halogens is 1. The zero-order valence-corrected chi connectivity index (χ0v) is 13.1. The average Bonchev–Trinajstić information content (AvgIpc) is 2.96. The summed E-state index contributed by atoms with van der Waals surface area (Å²) >= 11 is 6.34. The summed E-state index contributed by atoms with van der Waals surface area (Å²) < 4.78 is 2.17. The standard InChI is InChI=1S/C19H14ClN3/c20-15-8-2-1-7-14(15)13-23-18-11-4-3-9-16(18)22-19(23)17-10-5-6-12-21-17/h1-12H,13H2. The Morgan fingerprint density at radius 3 is 2.48 bits per heavy atom. The van der Waals surface area contributed by atoms with Gasteiger partial charge in [0.1, 0.15) is 5.69 Å². The van der Waals surface area contributed by atoms with Crippen molar-refractivity contribution >= 4 is 22.6 Å². The van der Waals surface area contributed by atoms with Crippen molar-refractivity contribution in [2.24, 2.45) is 0 Å².